The van der Waals surface area contributed by atoms with Gasteiger partial charge in [-0.1, -0.05) is 54.6 Å². The molecule has 0 fully saturated rings. The Morgan fingerprint density at radius 3 is 2.30 bits per heavy atom. The fraction of sp³-hybridized carbons (Fsp3) is 0.0870. The summed E-state index contributed by atoms with van der Waals surface area (Å²) < 4.78 is 0. The topological polar surface area (TPSA) is 101 Å². The first-order valence-corrected chi connectivity index (χ1v) is 9.45. The second-order valence-electron chi connectivity index (χ2n) is 6.73. The first kappa shape index (κ1) is 19.2. The SMILES string of the molecule is CC(NC(=O)c1cc(=O)[nH]c(-c2ncccn2)n1)c1ccc(-c2ccccc2)cc1. The first-order valence-electron chi connectivity index (χ1n) is 9.45. The maximum absolute atomic E-state index is 12.7. The Balaban J connectivity index is 1.51. The molecule has 0 aliphatic carbocycles. The lowest BCUT2D eigenvalue weighted by atomic mass is 10.0. The highest BCUT2D eigenvalue weighted by Gasteiger charge is 2.16. The van der Waals surface area contributed by atoms with E-state index in [-0.39, 0.29) is 23.4 Å². The third kappa shape index (κ3) is 4.30. The molecule has 2 N–H and O–H groups in total. The number of hydrogen-bond donors (Lipinski definition) is 2. The lowest BCUT2D eigenvalue weighted by Gasteiger charge is -2.15. The van der Waals surface area contributed by atoms with Gasteiger partial charge in [0.25, 0.3) is 11.5 Å². The van der Waals surface area contributed by atoms with Gasteiger partial charge in [-0.05, 0) is 29.7 Å². The lowest BCUT2D eigenvalue weighted by molar-refractivity contribution is 0.0934. The van der Waals surface area contributed by atoms with Crippen molar-refractivity contribution in [2.45, 2.75) is 13.0 Å². The zero-order chi connectivity index (χ0) is 20.9. The van der Waals surface area contributed by atoms with E-state index in [9.17, 15) is 9.59 Å². The summed E-state index contributed by atoms with van der Waals surface area (Å²) in [6.45, 7) is 1.88. The van der Waals surface area contributed by atoms with E-state index in [4.69, 9.17) is 0 Å². The average molecular weight is 397 g/mol. The van der Waals surface area contributed by atoms with Crippen LogP contribution < -0.4 is 10.9 Å². The summed E-state index contributed by atoms with van der Waals surface area (Å²) in [5, 5.41) is 2.88. The summed E-state index contributed by atoms with van der Waals surface area (Å²) >= 11 is 0. The number of aromatic nitrogens is 4. The van der Waals surface area contributed by atoms with E-state index in [1.165, 1.54) is 12.4 Å². The van der Waals surface area contributed by atoms with Crippen molar-refractivity contribution in [1.82, 2.24) is 25.3 Å². The van der Waals surface area contributed by atoms with Crippen LogP contribution in [0, 0.1) is 0 Å². The molecule has 7 nitrogen and oxygen atoms in total. The zero-order valence-electron chi connectivity index (χ0n) is 16.2. The van der Waals surface area contributed by atoms with Crippen molar-refractivity contribution in [2.75, 3.05) is 0 Å². The number of nitrogens with one attached hydrogen (secondary N) is 2. The maximum atomic E-state index is 12.7. The van der Waals surface area contributed by atoms with Gasteiger partial charge in [-0.2, -0.15) is 0 Å². The van der Waals surface area contributed by atoms with E-state index in [1.54, 1.807) is 6.07 Å². The Morgan fingerprint density at radius 1 is 0.933 bits per heavy atom. The average Bonchev–Trinajstić information content (AvgIpc) is 2.80. The molecule has 2 heterocycles. The highest BCUT2D eigenvalue weighted by Crippen LogP contribution is 2.22. The van der Waals surface area contributed by atoms with Gasteiger partial charge in [0.1, 0.15) is 5.69 Å². The van der Waals surface area contributed by atoms with Crippen LogP contribution in [0.15, 0.2) is 83.9 Å². The highest BCUT2D eigenvalue weighted by atomic mass is 16.2. The van der Waals surface area contributed by atoms with Gasteiger partial charge in [0.15, 0.2) is 11.6 Å². The van der Waals surface area contributed by atoms with Gasteiger partial charge in [0, 0.05) is 18.5 Å². The van der Waals surface area contributed by atoms with Crippen molar-refractivity contribution in [3.05, 3.63) is 101 Å². The summed E-state index contributed by atoms with van der Waals surface area (Å²) in [5.74, 6) is -0.0557. The van der Waals surface area contributed by atoms with Gasteiger partial charge in [-0.15, -0.1) is 0 Å². The molecule has 7 heteroatoms. The summed E-state index contributed by atoms with van der Waals surface area (Å²) in [6, 6.07) is 20.6. The Hall–Kier alpha value is -4.13. The molecule has 0 radical (unpaired) electrons. The van der Waals surface area contributed by atoms with Crippen molar-refractivity contribution in [3.63, 3.8) is 0 Å². The second-order valence-corrected chi connectivity index (χ2v) is 6.73. The van der Waals surface area contributed by atoms with Crippen LogP contribution in [0.5, 0.6) is 0 Å². The Bertz CT molecular complexity index is 1210. The van der Waals surface area contributed by atoms with Crippen molar-refractivity contribution in [2.24, 2.45) is 0 Å². The lowest BCUT2D eigenvalue weighted by Crippen LogP contribution is -2.29. The number of aromatic amines is 1. The molecule has 0 spiro atoms. The molecule has 1 unspecified atom stereocenters. The summed E-state index contributed by atoms with van der Waals surface area (Å²) in [4.78, 5) is 39.6. The van der Waals surface area contributed by atoms with E-state index in [1.807, 2.05) is 61.5 Å². The van der Waals surface area contributed by atoms with Crippen LogP contribution in [0.25, 0.3) is 22.8 Å². The monoisotopic (exact) mass is 397 g/mol. The minimum atomic E-state index is -0.447. The minimum absolute atomic E-state index is 0.00830. The van der Waals surface area contributed by atoms with Crippen LogP contribution in [0.4, 0.5) is 0 Å². The van der Waals surface area contributed by atoms with Crippen LogP contribution in [-0.2, 0) is 0 Å². The largest absolute Gasteiger partial charge is 0.344 e. The number of amides is 1. The van der Waals surface area contributed by atoms with Gasteiger partial charge in [-0.3, -0.25) is 9.59 Å². The summed E-state index contributed by atoms with van der Waals surface area (Å²) in [6.07, 6.45) is 3.08. The maximum Gasteiger partial charge on any atom is 0.270 e. The highest BCUT2D eigenvalue weighted by molar-refractivity contribution is 5.92. The molecular weight excluding hydrogens is 378 g/mol. The van der Waals surface area contributed by atoms with Crippen LogP contribution in [-0.4, -0.2) is 25.8 Å². The van der Waals surface area contributed by atoms with Crippen LogP contribution in [0.2, 0.25) is 0 Å². The molecular formula is C23H19N5O2. The number of carbonyl (C=O) groups is 1. The van der Waals surface area contributed by atoms with Crippen molar-refractivity contribution in [1.29, 1.82) is 0 Å². The minimum Gasteiger partial charge on any atom is -0.344 e. The number of nitrogens with zero attached hydrogens (tertiary/aromatic N) is 3. The number of rotatable bonds is 5. The van der Waals surface area contributed by atoms with Crippen molar-refractivity contribution in [3.8, 4) is 22.8 Å². The smallest absolute Gasteiger partial charge is 0.270 e. The van der Waals surface area contributed by atoms with E-state index >= 15 is 0 Å². The summed E-state index contributed by atoms with van der Waals surface area (Å²) in [7, 11) is 0. The van der Waals surface area contributed by atoms with E-state index in [0.717, 1.165) is 22.8 Å². The summed E-state index contributed by atoms with van der Waals surface area (Å²) in [5.41, 5.74) is 2.73. The molecule has 1 amide bonds. The van der Waals surface area contributed by atoms with Crippen molar-refractivity contribution >= 4 is 5.91 Å². The van der Waals surface area contributed by atoms with Crippen LogP contribution in [0.1, 0.15) is 29.0 Å². The molecule has 2 aromatic heterocycles. The fourth-order valence-electron chi connectivity index (χ4n) is 3.05. The molecule has 2 aromatic carbocycles. The molecule has 30 heavy (non-hydrogen) atoms. The van der Waals surface area contributed by atoms with Gasteiger partial charge >= 0.3 is 0 Å². The number of H-pyrrole nitrogens is 1. The van der Waals surface area contributed by atoms with Gasteiger partial charge < -0.3 is 10.3 Å². The standard InChI is InChI=1S/C23H19N5O2/c1-15(16-8-10-18(11-9-16)17-6-3-2-4-7-17)26-23(30)19-14-20(29)28-22(27-19)21-24-12-5-13-25-21/h2-15H,1H3,(H,26,30)(H,27,28,29). The third-order valence-electron chi connectivity index (χ3n) is 4.62. The van der Waals surface area contributed by atoms with Gasteiger partial charge in [0.2, 0.25) is 0 Å². The number of hydrogen-bond acceptors (Lipinski definition) is 5. The number of benzene rings is 2. The predicted molar refractivity (Wildman–Crippen MR) is 114 cm³/mol. The van der Waals surface area contributed by atoms with Crippen LogP contribution in [0.3, 0.4) is 0 Å². The van der Waals surface area contributed by atoms with E-state index < -0.39 is 11.5 Å². The Labute approximate surface area is 172 Å². The first-order chi connectivity index (χ1) is 14.6. The van der Waals surface area contributed by atoms with Crippen LogP contribution >= 0.6 is 0 Å². The molecule has 0 aliphatic heterocycles. The normalized spacial score (nSPS) is 11.6. The predicted octanol–water partition coefficient (Wildman–Crippen LogP) is 3.38. The van der Waals surface area contributed by atoms with Gasteiger partial charge in [-0.25, -0.2) is 15.0 Å². The third-order valence-corrected chi connectivity index (χ3v) is 4.62. The Morgan fingerprint density at radius 2 is 1.60 bits per heavy atom. The zero-order valence-corrected chi connectivity index (χ0v) is 16.2. The van der Waals surface area contributed by atoms with E-state index in [2.05, 4.69) is 25.3 Å². The van der Waals surface area contributed by atoms with E-state index in [0.29, 0.717) is 0 Å². The van der Waals surface area contributed by atoms with Crippen molar-refractivity contribution < 1.29 is 4.79 Å². The fourth-order valence-corrected chi connectivity index (χ4v) is 3.05. The molecule has 4 rings (SSSR count). The number of carbonyl (C=O) groups excluding carboxylic acids is 1. The quantitative estimate of drug-likeness (QED) is 0.538. The molecule has 0 aliphatic rings. The molecule has 4 aromatic rings. The molecule has 0 bridgehead atoms. The molecule has 148 valence electrons. The molecule has 0 saturated heterocycles. The molecule has 0 saturated carbocycles. The molecule has 1 atom stereocenters. The van der Waals surface area contributed by atoms with Gasteiger partial charge in [0.05, 0.1) is 6.04 Å². The Kier molecular flexibility index (Phi) is 5.43. The second kappa shape index (κ2) is 8.48.